The van der Waals surface area contributed by atoms with Crippen LogP contribution in [-0.2, 0) is 11.2 Å². The second-order valence-corrected chi connectivity index (χ2v) is 7.72. The minimum Gasteiger partial charge on any atom is -0.378 e. The van der Waals surface area contributed by atoms with Crippen LogP contribution < -0.4 is 5.32 Å². The van der Waals surface area contributed by atoms with Crippen molar-refractivity contribution in [2.75, 3.05) is 26.7 Å². The number of hydrogen-bond donors (Lipinski definition) is 1. The van der Waals surface area contributed by atoms with Gasteiger partial charge in [0.1, 0.15) is 0 Å². The number of nitrogens with zero attached hydrogens (tertiary/aromatic N) is 2. The van der Waals surface area contributed by atoms with E-state index in [-0.39, 0.29) is 6.03 Å². The number of thiazole rings is 1. The van der Waals surface area contributed by atoms with Crippen molar-refractivity contribution in [3.8, 4) is 0 Å². The van der Waals surface area contributed by atoms with Crippen molar-refractivity contribution in [3.05, 3.63) is 29.3 Å². The van der Waals surface area contributed by atoms with Crippen molar-refractivity contribution >= 4 is 27.6 Å². The summed E-state index contributed by atoms with van der Waals surface area (Å²) in [6.45, 7) is 2.37. The van der Waals surface area contributed by atoms with Crippen LogP contribution in [0.4, 0.5) is 4.79 Å². The van der Waals surface area contributed by atoms with E-state index in [0.717, 1.165) is 49.4 Å². The average molecular weight is 362 g/mol. The molecule has 1 fully saturated rings. The lowest BCUT2D eigenvalue weighted by Gasteiger charge is -2.18. The lowest BCUT2D eigenvalue weighted by molar-refractivity contribution is 0.100. The molecule has 0 aliphatic carbocycles. The van der Waals surface area contributed by atoms with Crippen molar-refractivity contribution in [3.63, 3.8) is 0 Å². The Balaban J connectivity index is 1.30. The number of carbonyl (C=O) groups excluding carboxylic acids is 1. The van der Waals surface area contributed by atoms with E-state index in [1.54, 1.807) is 16.2 Å². The van der Waals surface area contributed by atoms with E-state index >= 15 is 0 Å². The Kier molecular flexibility index (Phi) is 6.64. The highest BCUT2D eigenvalue weighted by atomic mass is 32.1. The molecule has 3 rings (SSSR count). The third-order valence-corrected chi connectivity index (χ3v) is 5.67. The molecule has 2 heterocycles. The largest absolute Gasteiger partial charge is 0.378 e. The van der Waals surface area contributed by atoms with Gasteiger partial charge in [-0.05, 0) is 44.2 Å². The molecule has 0 bridgehead atoms. The Hall–Kier alpha value is -1.66. The number of amides is 2. The van der Waals surface area contributed by atoms with Gasteiger partial charge in [-0.3, -0.25) is 0 Å². The normalized spacial score (nSPS) is 17.1. The maximum atomic E-state index is 12.1. The molecule has 1 aliphatic rings. The molecule has 0 radical (unpaired) electrons. The van der Waals surface area contributed by atoms with Crippen LogP contribution in [0.5, 0.6) is 0 Å². The maximum absolute atomic E-state index is 12.1. The molecule has 0 spiro atoms. The molecule has 1 aromatic heterocycles. The topological polar surface area (TPSA) is 54.5 Å². The van der Waals surface area contributed by atoms with Gasteiger partial charge >= 0.3 is 6.03 Å². The van der Waals surface area contributed by atoms with Crippen molar-refractivity contribution in [1.29, 1.82) is 0 Å². The van der Waals surface area contributed by atoms with Crippen LogP contribution in [0.1, 0.15) is 37.1 Å². The fourth-order valence-electron chi connectivity index (χ4n) is 3.13. The number of nitrogens with one attached hydrogen (secondary N) is 1. The summed E-state index contributed by atoms with van der Waals surface area (Å²) >= 11 is 1.74. The first-order valence-corrected chi connectivity index (χ1v) is 9.99. The molecule has 0 saturated carbocycles. The molecular formula is C19H27N3O2S. The van der Waals surface area contributed by atoms with Gasteiger partial charge in [0.25, 0.3) is 0 Å². The van der Waals surface area contributed by atoms with E-state index in [1.807, 2.05) is 25.2 Å². The molecule has 1 N–H and O–H groups in total. The molecule has 2 aromatic rings. The van der Waals surface area contributed by atoms with Crippen LogP contribution in [0.3, 0.4) is 0 Å². The van der Waals surface area contributed by atoms with Gasteiger partial charge in [-0.15, -0.1) is 11.3 Å². The summed E-state index contributed by atoms with van der Waals surface area (Å²) in [5.41, 5.74) is 1.07. The number of carbonyl (C=O) groups is 1. The Morgan fingerprint density at radius 2 is 2.28 bits per heavy atom. The second kappa shape index (κ2) is 9.15. The van der Waals surface area contributed by atoms with Crippen molar-refractivity contribution in [1.82, 2.24) is 15.2 Å². The molecular weight excluding hydrogens is 334 g/mol. The number of para-hydroxylation sites is 1. The fourth-order valence-corrected chi connectivity index (χ4v) is 4.14. The zero-order chi connectivity index (χ0) is 17.5. The van der Waals surface area contributed by atoms with Crippen LogP contribution in [-0.4, -0.2) is 48.8 Å². The minimum atomic E-state index is 0.0108. The molecule has 1 aromatic carbocycles. The summed E-state index contributed by atoms with van der Waals surface area (Å²) in [5.74, 6) is 0. The summed E-state index contributed by atoms with van der Waals surface area (Å²) in [6, 6.07) is 8.21. The smallest absolute Gasteiger partial charge is 0.317 e. The van der Waals surface area contributed by atoms with E-state index in [9.17, 15) is 4.79 Å². The number of rotatable bonds is 8. The number of hydrogen-bond acceptors (Lipinski definition) is 4. The third-order valence-electron chi connectivity index (χ3n) is 4.57. The van der Waals surface area contributed by atoms with Crippen LogP contribution in [0, 0.1) is 0 Å². The molecule has 0 unspecified atom stereocenters. The van der Waals surface area contributed by atoms with Crippen LogP contribution in [0.2, 0.25) is 0 Å². The van der Waals surface area contributed by atoms with Crippen LogP contribution in [0.15, 0.2) is 24.3 Å². The van der Waals surface area contributed by atoms with E-state index in [2.05, 4.69) is 16.4 Å². The molecule has 136 valence electrons. The van der Waals surface area contributed by atoms with Gasteiger partial charge in [0.2, 0.25) is 0 Å². The quantitative estimate of drug-likeness (QED) is 0.727. The maximum Gasteiger partial charge on any atom is 0.317 e. The number of urea groups is 1. The first-order valence-electron chi connectivity index (χ1n) is 9.17. The highest BCUT2D eigenvalue weighted by molar-refractivity contribution is 7.18. The van der Waals surface area contributed by atoms with Crippen molar-refractivity contribution < 1.29 is 9.53 Å². The van der Waals surface area contributed by atoms with Crippen LogP contribution >= 0.6 is 11.3 Å². The zero-order valence-corrected chi connectivity index (χ0v) is 15.7. The molecule has 1 saturated heterocycles. The van der Waals surface area contributed by atoms with Crippen LogP contribution in [0.25, 0.3) is 10.2 Å². The Morgan fingerprint density at radius 3 is 3.08 bits per heavy atom. The minimum absolute atomic E-state index is 0.0108. The summed E-state index contributed by atoms with van der Waals surface area (Å²) in [4.78, 5) is 18.5. The predicted octanol–water partition coefficient (Wildman–Crippen LogP) is 3.83. The van der Waals surface area contributed by atoms with Crippen molar-refractivity contribution in [2.24, 2.45) is 0 Å². The third kappa shape index (κ3) is 5.41. The number of ether oxygens (including phenoxy) is 1. The van der Waals surface area contributed by atoms with Gasteiger partial charge in [0.05, 0.1) is 21.3 Å². The summed E-state index contributed by atoms with van der Waals surface area (Å²) in [5, 5.41) is 4.14. The highest BCUT2D eigenvalue weighted by Gasteiger charge is 2.15. The highest BCUT2D eigenvalue weighted by Crippen LogP contribution is 2.22. The Bertz CT molecular complexity index is 649. The fraction of sp³-hybridized carbons (Fsp3) is 0.579. The van der Waals surface area contributed by atoms with Gasteiger partial charge in [0.15, 0.2) is 0 Å². The lowest BCUT2D eigenvalue weighted by atomic mass is 10.1. The zero-order valence-electron chi connectivity index (χ0n) is 14.9. The predicted molar refractivity (Wildman–Crippen MR) is 102 cm³/mol. The monoisotopic (exact) mass is 361 g/mol. The molecule has 25 heavy (non-hydrogen) atoms. The second-order valence-electron chi connectivity index (χ2n) is 6.61. The molecule has 6 heteroatoms. The Labute approximate surface area is 153 Å². The number of aromatic nitrogens is 1. The molecule has 1 atom stereocenters. The van der Waals surface area contributed by atoms with Gasteiger partial charge in [0, 0.05) is 33.2 Å². The average Bonchev–Trinajstić information content (AvgIpc) is 3.27. The van der Waals surface area contributed by atoms with E-state index in [1.165, 1.54) is 17.5 Å². The van der Waals surface area contributed by atoms with Gasteiger partial charge in [-0.25, -0.2) is 9.78 Å². The van der Waals surface area contributed by atoms with Gasteiger partial charge in [-0.2, -0.15) is 0 Å². The molecule has 5 nitrogen and oxygen atoms in total. The first kappa shape index (κ1) is 18.1. The number of benzene rings is 1. The van der Waals surface area contributed by atoms with E-state index in [4.69, 9.17) is 4.74 Å². The molecule has 2 amide bonds. The van der Waals surface area contributed by atoms with E-state index in [0.29, 0.717) is 12.6 Å². The summed E-state index contributed by atoms with van der Waals surface area (Å²) < 4.78 is 6.84. The number of fused-ring (bicyclic) bond motifs is 1. The summed E-state index contributed by atoms with van der Waals surface area (Å²) in [7, 11) is 1.86. The van der Waals surface area contributed by atoms with E-state index < -0.39 is 0 Å². The molecule has 1 aliphatic heterocycles. The number of aryl methyl sites for hydroxylation is 1. The van der Waals surface area contributed by atoms with Gasteiger partial charge < -0.3 is 15.0 Å². The summed E-state index contributed by atoms with van der Waals surface area (Å²) in [6.07, 6.45) is 6.62. The van der Waals surface area contributed by atoms with Gasteiger partial charge in [-0.1, -0.05) is 12.1 Å². The van der Waals surface area contributed by atoms with Crippen molar-refractivity contribution in [2.45, 2.75) is 44.6 Å². The lowest BCUT2D eigenvalue weighted by Crippen LogP contribution is -2.38. The SMILES string of the molecule is CN(CCC[C@@H]1CCCO1)C(=O)NCCCc1nc2ccccc2s1. The standard InChI is InChI=1S/C19H27N3O2S/c1-22(13-5-7-15-8-6-14-24-15)19(23)20-12-4-11-18-21-16-9-2-3-10-17(16)25-18/h2-3,9-10,15H,4-8,11-14H2,1H3,(H,20,23)/t15-/m1/s1. The first-order chi connectivity index (χ1) is 12.2. The Morgan fingerprint density at radius 1 is 1.40 bits per heavy atom.